The summed E-state index contributed by atoms with van der Waals surface area (Å²) in [5.74, 6) is 0.849. The van der Waals surface area contributed by atoms with Crippen LogP contribution >= 0.6 is 11.6 Å². The molecule has 0 saturated carbocycles. The van der Waals surface area contributed by atoms with E-state index in [0.717, 1.165) is 5.69 Å². The van der Waals surface area contributed by atoms with E-state index in [9.17, 15) is 9.59 Å². The molecule has 2 aromatic carbocycles. The summed E-state index contributed by atoms with van der Waals surface area (Å²) in [6.07, 6.45) is 0.254. The van der Waals surface area contributed by atoms with E-state index in [-0.39, 0.29) is 24.3 Å². The van der Waals surface area contributed by atoms with Crippen molar-refractivity contribution in [2.75, 3.05) is 24.7 Å². The maximum Gasteiger partial charge on any atom is 0.251 e. The third-order valence-corrected chi connectivity index (χ3v) is 4.66. The van der Waals surface area contributed by atoms with Gasteiger partial charge in [-0.25, -0.2) is 0 Å². The molecule has 1 aliphatic heterocycles. The summed E-state index contributed by atoms with van der Waals surface area (Å²) in [6, 6.07) is 11.9. The molecule has 28 heavy (non-hydrogen) atoms. The lowest BCUT2D eigenvalue weighted by molar-refractivity contribution is -0.117. The van der Waals surface area contributed by atoms with Crippen LogP contribution in [0.2, 0.25) is 5.02 Å². The molecule has 148 valence electrons. The number of hydrogen-bond donors (Lipinski definition) is 1. The highest BCUT2D eigenvalue weighted by Gasteiger charge is 2.31. The number of anilines is 1. The predicted molar refractivity (Wildman–Crippen MR) is 108 cm³/mol. The molecule has 0 spiro atoms. The first-order valence-electron chi connectivity index (χ1n) is 9.28. The van der Waals surface area contributed by atoms with E-state index in [1.807, 2.05) is 13.8 Å². The molecule has 0 aromatic heterocycles. The summed E-state index contributed by atoms with van der Waals surface area (Å²) >= 11 is 5.91. The van der Waals surface area contributed by atoms with Gasteiger partial charge in [0.1, 0.15) is 0 Å². The van der Waals surface area contributed by atoms with Crippen LogP contribution in [0.4, 0.5) is 5.69 Å². The summed E-state index contributed by atoms with van der Waals surface area (Å²) in [5, 5.41) is 3.55. The van der Waals surface area contributed by atoms with Crippen molar-refractivity contribution >= 4 is 29.1 Å². The molecule has 1 atom stereocenters. The number of carbonyl (C=O) groups is 2. The number of nitrogens with one attached hydrogen (secondary N) is 1. The number of amides is 2. The molecular formula is C21H23ClN2O4. The largest absolute Gasteiger partial charge is 0.490 e. The second-order valence-corrected chi connectivity index (χ2v) is 6.82. The van der Waals surface area contributed by atoms with Gasteiger partial charge in [-0.3, -0.25) is 9.59 Å². The number of halogens is 1. The molecule has 3 rings (SSSR count). The van der Waals surface area contributed by atoms with E-state index < -0.39 is 0 Å². The van der Waals surface area contributed by atoms with Crippen LogP contribution in [0.15, 0.2) is 42.5 Å². The van der Waals surface area contributed by atoms with Gasteiger partial charge >= 0.3 is 0 Å². The van der Waals surface area contributed by atoms with E-state index in [0.29, 0.717) is 41.8 Å². The molecule has 0 aliphatic carbocycles. The summed E-state index contributed by atoms with van der Waals surface area (Å²) in [5.41, 5.74) is 1.23. The third-order valence-electron chi connectivity index (χ3n) is 4.40. The Kier molecular flexibility index (Phi) is 6.41. The highest BCUT2D eigenvalue weighted by atomic mass is 35.5. The molecular weight excluding hydrogens is 380 g/mol. The highest BCUT2D eigenvalue weighted by Crippen LogP contribution is 2.29. The van der Waals surface area contributed by atoms with Gasteiger partial charge in [0, 0.05) is 29.2 Å². The van der Waals surface area contributed by atoms with Gasteiger partial charge in [-0.15, -0.1) is 0 Å². The molecule has 7 heteroatoms. The van der Waals surface area contributed by atoms with Crippen LogP contribution < -0.4 is 19.7 Å². The van der Waals surface area contributed by atoms with Crippen LogP contribution in [0.25, 0.3) is 0 Å². The number of carbonyl (C=O) groups excluding carboxylic acids is 2. The molecule has 6 nitrogen and oxygen atoms in total. The molecule has 1 fully saturated rings. The van der Waals surface area contributed by atoms with E-state index >= 15 is 0 Å². The van der Waals surface area contributed by atoms with Gasteiger partial charge in [0.2, 0.25) is 5.91 Å². The Bertz CT molecular complexity index is 854. The zero-order chi connectivity index (χ0) is 20.1. The van der Waals surface area contributed by atoms with Crippen LogP contribution in [0.5, 0.6) is 11.5 Å². The second kappa shape index (κ2) is 8.97. The molecule has 1 heterocycles. The Hall–Kier alpha value is -2.73. The maximum atomic E-state index is 12.7. The summed E-state index contributed by atoms with van der Waals surface area (Å²) < 4.78 is 11.1. The first-order chi connectivity index (χ1) is 13.5. The Balaban J connectivity index is 1.68. The lowest BCUT2D eigenvalue weighted by Gasteiger charge is -2.17. The van der Waals surface area contributed by atoms with Gasteiger partial charge in [-0.2, -0.15) is 0 Å². The maximum absolute atomic E-state index is 12.7. The second-order valence-electron chi connectivity index (χ2n) is 6.38. The standard InChI is InChI=1S/C21H23ClN2O4/c1-3-27-18-10-5-14(11-19(18)28-4-2)21(26)23-16-12-20(25)24(13-16)17-8-6-15(22)7-9-17/h5-11,16H,3-4,12-13H2,1-2H3,(H,23,26)/t16-/m0/s1. The normalized spacial score (nSPS) is 16.2. The Morgan fingerprint density at radius 3 is 2.46 bits per heavy atom. The average molecular weight is 403 g/mol. The quantitative estimate of drug-likeness (QED) is 0.767. The van der Waals surface area contributed by atoms with Gasteiger partial charge in [0.25, 0.3) is 5.91 Å². The van der Waals surface area contributed by atoms with Gasteiger partial charge < -0.3 is 19.7 Å². The van der Waals surface area contributed by atoms with Crippen LogP contribution in [-0.4, -0.2) is 37.6 Å². The lowest BCUT2D eigenvalue weighted by atomic mass is 10.1. The van der Waals surface area contributed by atoms with E-state index in [4.69, 9.17) is 21.1 Å². The van der Waals surface area contributed by atoms with Crippen molar-refractivity contribution in [3.05, 3.63) is 53.1 Å². The Morgan fingerprint density at radius 1 is 1.11 bits per heavy atom. The molecule has 2 aromatic rings. The number of ether oxygens (including phenoxy) is 2. The van der Waals surface area contributed by atoms with Crippen molar-refractivity contribution in [1.29, 1.82) is 0 Å². The Labute approximate surface area is 169 Å². The van der Waals surface area contributed by atoms with E-state index in [1.54, 1.807) is 47.4 Å². The lowest BCUT2D eigenvalue weighted by Crippen LogP contribution is -2.37. The fraction of sp³-hybridized carbons (Fsp3) is 0.333. The van der Waals surface area contributed by atoms with E-state index in [1.165, 1.54) is 0 Å². The first kappa shape index (κ1) is 20.0. The molecule has 0 unspecified atom stereocenters. The van der Waals surface area contributed by atoms with Crippen molar-refractivity contribution in [3.8, 4) is 11.5 Å². The van der Waals surface area contributed by atoms with Gasteiger partial charge in [-0.05, 0) is 56.3 Å². The fourth-order valence-electron chi connectivity index (χ4n) is 3.14. The molecule has 0 bridgehead atoms. The minimum atomic E-state index is -0.266. The van der Waals surface area contributed by atoms with Crippen molar-refractivity contribution in [1.82, 2.24) is 5.32 Å². The van der Waals surface area contributed by atoms with Gasteiger partial charge in [0.05, 0.1) is 19.3 Å². The number of rotatable bonds is 7. The van der Waals surface area contributed by atoms with E-state index in [2.05, 4.69) is 5.32 Å². The molecule has 1 aliphatic rings. The number of nitrogens with zero attached hydrogens (tertiary/aromatic N) is 1. The first-order valence-corrected chi connectivity index (χ1v) is 9.66. The summed E-state index contributed by atoms with van der Waals surface area (Å²) in [6.45, 7) is 5.16. The zero-order valence-corrected chi connectivity index (χ0v) is 16.7. The SMILES string of the molecule is CCOc1ccc(C(=O)N[C@H]2CC(=O)N(c3ccc(Cl)cc3)C2)cc1OCC. The molecule has 2 amide bonds. The van der Waals surface area contributed by atoms with Gasteiger partial charge in [0.15, 0.2) is 11.5 Å². The average Bonchev–Trinajstić information content (AvgIpc) is 3.04. The third kappa shape index (κ3) is 4.57. The number of hydrogen-bond acceptors (Lipinski definition) is 4. The van der Waals surface area contributed by atoms with Crippen LogP contribution in [0.1, 0.15) is 30.6 Å². The fourth-order valence-corrected chi connectivity index (χ4v) is 3.26. The Morgan fingerprint density at radius 2 is 1.79 bits per heavy atom. The predicted octanol–water partition coefficient (Wildman–Crippen LogP) is 3.67. The summed E-state index contributed by atoms with van der Waals surface area (Å²) in [7, 11) is 0. The minimum Gasteiger partial charge on any atom is -0.490 e. The van der Waals surface area contributed by atoms with Crippen LogP contribution in [0, 0.1) is 0 Å². The molecule has 1 N–H and O–H groups in total. The van der Waals surface area contributed by atoms with Crippen LogP contribution in [0.3, 0.4) is 0 Å². The van der Waals surface area contributed by atoms with Crippen molar-refractivity contribution in [2.45, 2.75) is 26.3 Å². The molecule has 1 saturated heterocycles. The van der Waals surface area contributed by atoms with Gasteiger partial charge in [-0.1, -0.05) is 11.6 Å². The number of benzene rings is 2. The van der Waals surface area contributed by atoms with Crippen molar-refractivity contribution in [3.63, 3.8) is 0 Å². The zero-order valence-electron chi connectivity index (χ0n) is 15.9. The highest BCUT2D eigenvalue weighted by molar-refractivity contribution is 6.30. The monoisotopic (exact) mass is 402 g/mol. The topological polar surface area (TPSA) is 67.9 Å². The summed E-state index contributed by atoms with van der Waals surface area (Å²) in [4.78, 5) is 26.7. The van der Waals surface area contributed by atoms with Crippen molar-refractivity contribution in [2.24, 2.45) is 0 Å². The molecule has 0 radical (unpaired) electrons. The van der Waals surface area contributed by atoms with Crippen molar-refractivity contribution < 1.29 is 19.1 Å². The van der Waals surface area contributed by atoms with Crippen LogP contribution in [-0.2, 0) is 4.79 Å². The smallest absolute Gasteiger partial charge is 0.251 e. The minimum absolute atomic E-state index is 0.0330.